The fraction of sp³-hybridized carbons (Fsp3) is 0.0909. The Bertz CT molecular complexity index is 503. The van der Waals surface area contributed by atoms with Gasteiger partial charge in [-0.2, -0.15) is 0 Å². The van der Waals surface area contributed by atoms with E-state index < -0.39 is 5.97 Å². The number of carboxylic acid groups (broad SMARTS) is 1. The Labute approximate surface area is 86.6 Å². The number of carbonyl (C=O) groups is 1. The number of hydrogen-bond acceptors (Lipinski definition) is 2. The molecule has 0 spiro atoms. The average molecular weight is 202 g/mol. The Morgan fingerprint density at radius 2 is 2.27 bits per heavy atom. The number of aromatic carboxylic acids is 1. The standard InChI is InChI=1S/C11H10N2O2/c1-7-3-2-4-8(5-7)9-6-12-10(13-9)11(14)15/h2-6H,1H3,(H,12,13)(H,14,15). The van der Waals surface area contributed by atoms with Gasteiger partial charge in [0.15, 0.2) is 0 Å². The lowest BCUT2D eigenvalue weighted by atomic mass is 10.1. The zero-order valence-electron chi connectivity index (χ0n) is 8.19. The molecule has 0 amide bonds. The van der Waals surface area contributed by atoms with E-state index >= 15 is 0 Å². The molecule has 15 heavy (non-hydrogen) atoms. The van der Waals surface area contributed by atoms with Crippen LogP contribution in [0.5, 0.6) is 0 Å². The van der Waals surface area contributed by atoms with Crippen LogP contribution in [0.3, 0.4) is 0 Å². The van der Waals surface area contributed by atoms with Crippen molar-refractivity contribution in [1.29, 1.82) is 0 Å². The topological polar surface area (TPSA) is 66.0 Å². The van der Waals surface area contributed by atoms with E-state index in [4.69, 9.17) is 5.11 Å². The van der Waals surface area contributed by atoms with Crippen LogP contribution >= 0.6 is 0 Å². The van der Waals surface area contributed by atoms with Crippen molar-refractivity contribution in [2.75, 3.05) is 0 Å². The van der Waals surface area contributed by atoms with E-state index in [2.05, 4.69) is 9.97 Å². The van der Waals surface area contributed by atoms with Gasteiger partial charge in [-0.3, -0.25) is 0 Å². The van der Waals surface area contributed by atoms with Gasteiger partial charge in [0.25, 0.3) is 0 Å². The zero-order valence-corrected chi connectivity index (χ0v) is 8.19. The molecule has 0 aliphatic heterocycles. The maximum absolute atomic E-state index is 10.6. The van der Waals surface area contributed by atoms with Gasteiger partial charge in [-0.15, -0.1) is 0 Å². The zero-order chi connectivity index (χ0) is 10.8. The number of aromatic amines is 1. The molecule has 0 aliphatic carbocycles. The van der Waals surface area contributed by atoms with Crippen LogP contribution in [-0.2, 0) is 0 Å². The van der Waals surface area contributed by atoms with Crippen LogP contribution in [0, 0.1) is 6.92 Å². The quantitative estimate of drug-likeness (QED) is 0.783. The number of hydrogen-bond donors (Lipinski definition) is 2. The molecular formula is C11H10N2O2. The Morgan fingerprint density at radius 3 is 2.87 bits per heavy atom. The molecule has 0 bridgehead atoms. The van der Waals surface area contributed by atoms with E-state index in [1.807, 2.05) is 31.2 Å². The minimum Gasteiger partial charge on any atom is -0.475 e. The van der Waals surface area contributed by atoms with Crippen LogP contribution in [-0.4, -0.2) is 21.0 Å². The normalized spacial score (nSPS) is 10.2. The number of aromatic nitrogens is 2. The first kappa shape index (κ1) is 9.45. The summed E-state index contributed by atoms with van der Waals surface area (Å²) in [5.41, 5.74) is 2.78. The molecule has 0 atom stereocenters. The third-order valence-corrected chi connectivity index (χ3v) is 2.11. The molecule has 0 fully saturated rings. The molecule has 4 heteroatoms. The first-order valence-electron chi connectivity index (χ1n) is 4.52. The van der Waals surface area contributed by atoms with Gasteiger partial charge in [-0.25, -0.2) is 9.78 Å². The van der Waals surface area contributed by atoms with Crippen molar-refractivity contribution in [2.45, 2.75) is 6.92 Å². The molecule has 0 unspecified atom stereocenters. The van der Waals surface area contributed by atoms with Crippen LogP contribution in [0.25, 0.3) is 11.3 Å². The van der Waals surface area contributed by atoms with E-state index in [1.54, 1.807) is 0 Å². The smallest absolute Gasteiger partial charge is 0.371 e. The van der Waals surface area contributed by atoms with E-state index in [1.165, 1.54) is 6.20 Å². The first-order chi connectivity index (χ1) is 7.16. The highest BCUT2D eigenvalue weighted by atomic mass is 16.4. The first-order valence-corrected chi connectivity index (χ1v) is 4.52. The molecule has 2 N–H and O–H groups in total. The Balaban J connectivity index is 2.41. The highest BCUT2D eigenvalue weighted by molar-refractivity contribution is 5.84. The maximum atomic E-state index is 10.6. The third kappa shape index (κ3) is 1.88. The van der Waals surface area contributed by atoms with E-state index in [-0.39, 0.29) is 5.82 Å². The molecule has 2 rings (SSSR count). The second-order valence-electron chi connectivity index (χ2n) is 3.32. The van der Waals surface area contributed by atoms with Gasteiger partial charge in [0, 0.05) is 0 Å². The second kappa shape index (κ2) is 3.57. The summed E-state index contributed by atoms with van der Waals surface area (Å²) in [7, 11) is 0. The average Bonchev–Trinajstić information content (AvgIpc) is 2.66. The van der Waals surface area contributed by atoms with Crippen LogP contribution < -0.4 is 0 Å². The molecule has 0 saturated heterocycles. The van der Waals surface area contributed by atoms with Gasteiger partial charge < -0.3 is 10.1 Å². The predicted molar refractivity (Wildman–Crippen MR) is 55.7 cm³/mol. The molecule has 4 nitrogen and oxygen atoms in total. The van der Waals surface area contributed by atoms with Crippen LogP contribution in [0.2, 0.25) is 0 Å². The number of H-pyrrole nitrogens is 1. The number of imidazole rings is 1. The number of rotatable bonds is 2. The summed E-state index contributed by atoms with van der Waals surface area (Å²) in [4.78, 5) is 17.1. The van der Waals surface area contributed by atoms with E-state index in [0.29, 0.717) is 0 Å². The van der Waals surface area contributed by atoms with Crippen molar-refractivity contribution in [2.24, 2.45) is 0 Å². The van der Waals surface area contributed by atoms with Crippen molar-refractivity contribution >= 4 is 5.97 Å². The predicted octanol–water partition coefficient (Wildman–Crippen LogP) is 2.08. The summed E-state index contributed by atoms with van der Waals surface area (Å²) in [5.74, 6) is -1.08. The highest BCUT2D eigenvalue weighted by Gasteiger charge is 2.08. The fourth-order valence-corrected chi connectivity index (χ4v) is 1.39. The van der Waals surface area contributed by atoms with Gasteiger partial charge in [-0.1, -0.05) is 23.8 Å². The summed E-state index contributed by atoms with van der Waals surface area (Å²) in [6.07, 6.45) is 1.53. The number of benzene rings is 1. The Kier molecular flexibility index (Phi) is 2.25. The van der Waals surface area contributed by atoms with Crippen molar-refractivity contribution < 1.29 is 9.90 Å². The van der Waals surface area contributed by atoms with Gasteiger partial charge in [0.1, 0.15) is 0 Å². The lowest BCUT2D eigenvalue weighted by Crippen LogP contribution is -1.98. The minimum atomic E-state index is -1.05. The SMILES string of the molecule is Cc1cccc(-c2cnc(C(=O)O)[nH]2)c1. The maximum Gasteiger partial charge on any atom is 0.371 e. The van der Waals surface area contributed by atoms with Crippen molar-refractivity contribution in [3.8, 4) is 11.3 Å². The minimum absolute atomic E-state index is 0.0356. The number of nitrogens with one attached hydrogen (secondary N) is 1. The molecule has 1 aromatic heterocycles. The summed E-state index contributed by atoms with van der Waals surface area (Å²) in [6.45, 7) is 1.98. The molecule has 2 aromatic rings. The summed E-state index contributed by atoms with van der Waals surface area (Å²) < 4.78 is 0. The van der Waals surface area contributed by atoms with E-state index in [0.717, 1.165) is 16.8 Å². The van der Waals surface area contributed by atoms with Gasteiger partial charge in [0.05, 0.1) is 11.9 Å². The second-order valence-corrected chi connectivity index (χ2v) is 3.32. The highest BCUT2D eigenvalue weighted by Crippen LogP contribution is 2.17. The molecule has 0 aliphatic rings. The number of carboxylic acids is 1. The lowest BCUT2D eigenvalue weighted by Gasteiger charge is -1.98. The Hall–Kier alpha value is -2.10. The monoisotopic (exact) mass is 202 g/mol. The summed E-state index contributed by atoms with van der Waals surface area (Å²) in [6, 6.07) is 7.79. The number of aryl methyl sites for hydroxylation is 1. The molecule has 0 radical (unpaired) electrons. The molecule has 76 valence electrons. The van der Waals surface area contributed by atoms with E-state index in [9.17, 15) is 4.79 Å². The third-order valence-electron chi connectivity index (χ3n) is 2.11. The van der Waals surface area contributed by atoms with Gasteiger partial charge in [-0.05, 0) is 18.6 Å². The molecule has 0 saturated carbocycles. The largest absolute Gasteiger partial charge is 0.475 e. The molecule has 1 heterocycles. The molecular weight excluding hydrogens is 192 g/mol. The summed E-state index contributed by atoms with van der Waals surface area (Å²) >= 11 is 0. The van der Waals surface area contributed by atoms with Crippen molar-refractivity contribution in [3.63, 3.8) is 0 Å². The van der Waals surface area contributed by atoms with Crippen LogP contribution in [0.15, 0.2) is 30.5 Å². The van der Waals surface area contributed by atoms with Crippen LogP contribution in [0.1, 0.15) is 16.2 Å². The van der Waals surface area contributed by atoms with Crippen molar-refractivity contribution in [1.82, 2.24) is 9.97 Å². The van der Waals surface area contributed by atoms with Gasteiger partial charge >= 0.3 is 5.97 Å². The fourth-order valence-electron chi connectivity index (χ4n) is 1.39. The van der Waals surface area contributed by atoms with Crippen LogP contribution in [0.4, 0.5) is 0 Å². The van der Waals surface area contributed by atoms with Crippen molar-refractivity contribution in [3.05, 3.63) is 41.9 Å². The van der Waals surface area contributed by atoms with Gasteiger partial charge in [0.2, 0.25) is 5.82 Å². The molecule has 1 aromatic carbocycles. The number of nitrogens with zero attached hydrogens (tertiary/aromatic N) is 1. The lowest BCUT2D eigenvalue weighted by molar-refractivity contribution is 0.0685. The summed E-state index contributed by atoms with van der Waals surface area (Å²) in [5, 5.41) is 8.71. The Morgan fingerprint density at radius 1 is 1.47 bits per heavy atom.